The van der Waals surface area contributed by atoms with E-state index >= 15 is 0 Å². The first kappa shape index (κ1) is 12.4. The van der Waals surface area contributed by atoms with Gasteiger partial charge in [-0.15, -0.1) is 0 Å². The van der Waals surface area contributed by atoms with Crippen LogP contribution in [0.1, 0.15) is 33.1 Å². The lowest BCUT2D eigenvalue weighted by Crippen LogP contribution is -2.25. The van der Waals surface area contributed by atoms with Gasteiger partial charge in [-0.3, -0.25) is 0 Å². The molecule has 0 N–H and O–H groups in total. The van der Waals surface area contributed by atoms with Gasteiger partial charge in [-0.25, -0.2) is 5.11 Å². The van der Waals surface area contributed by atoms with Gasteiger partial charge >= 0.3 is 0 Å². The Kier molecular flexibility index (Phi) is 7.77. The first-order valence-corrected chi connectivity index (χ1v) is 6.52. The average molecular weight is 381 g/mol. The fraction of sp³-hybridized carbons (Fsp3) is 1.00. The van der Waals surface area contributed by atoms with Crippen LogP contribution < -0.4 is 0 Å². The topological polar surface area (TPSA) is 19.9 Å². The first-order valence-electron chi connectivity index (χ1n) is 4.03. The quantitative estimate of drug-likeness (QED) is 0.513. The smallest absolute Gasteiger partial charge is 0.106 e. The van der Waals surface area contributed by atoms with Gasteiger partial charge in [0.1, 0.15) is 6.10 Å². The molecule has 3 heteroatoms. The third-order valence-electron chi connectivity index (χ3n) is 1.64. The molecule has 0 aliphatic carbocycles. The summed E-state index contributed by atoms with van der Waals surface area (Å²) in [5, 5.41) is 11.4. The van der Waals surface area contributed by atoms with Crippen LogP contribution in [0.25, 0.3) is 0 Å². The minimum Gasteiger partial charge on any atom is -0.232 e. The summed E-state index contributed by atoms with van der Waals surface area (Å²) >= 11 is 4.61. The summed E-state index contributed by atoms with van der Waals surface area (Å²) in [5.41, 5.74) is 0. The molecule has 0 aliphatic rings. The molecule has 1 radical (unpaired) electrons. The van der Waals surface area contributed by atoms with Crippen LogP contribution in [-0.4, -0.2) is 14.0 Å². The lowest BCUT2D eigenvalue weighted by molar-refractivity contribution is 0.0818. The minimum atomic E-state index is -0.359. The number of alkyl halides is 2. The number of hydrogen-bond donors (Lipinski definition) is 0. The van der Waals surface area contributed by atoms with Gasteiger partial charge in [0.05, 0.1) is 3.92 Å². The van der Waals surface area contributed by atoms with E-state index < -0.39 is 0 Å². The lowest BCUT2D eigenvalue weighted by atomic mass is 10.1. The highest BCUT2D eigenvalue weighted by Gasteiger charge is 2.20. The van der Waals surface area contributed by atoms with E-state index in [0.717, 1.165) is 19.3 Å². The number of unbranched alkanes of at least 4 members (excludes halogenated alkanes) is 1. The molecule has 67 valence electrons. The average Bonchev–Trinajstić information content (AvgIpc) is 1.98. The molecule has 11 heavy (non-hydrogen) atoms. The van der Waals surface area contributed by atoms with Gasteiger partial charge in [0, 0.05) is 3.92 Å². The van der Waals surface area contributed by atoms with Gasteiger partial charge in [0.15, 0.2) is 0 Å². The Bertz CT molecular complexity index is 96.1. The standard InChI is InChI=1S/C8H15I2O/c1-3-4-5-7(11)8(10)6(2)9/h6-8H,3-5H2,1-2H3. The highest BCUT2D eigenvalue weighted by Crippen LogP contribution is 2.21. The van der Waals surface area contributed by atoms with Crippen molar-refractivity contribution in [2.45, 2.75) is 47.1 Å². The molecule has 0 aliphatic heterocycles. The van der Waals surface area contributed by atoms with E-state index in [1.54, 1.807) is 0 Å². The van der Waals surface area contributed by atoms with Crippen LogP contribution in [0.15, 0.2) is 0 Å². The van der Waals surface area contributed by atoms with Crippen LogP contribution in [0, 0.1) is 0 Å². The van der Waals surface area contributed by atoms with Crippen LogP contribution in [0.4, 0.5) is 0 Å². The summed E-state index contributed by atoms with van der Waals surface area (Å²) in [6.07, 6.45) is 2.70. The predicted octanol–water partition coefficient (Wildman–Crippen LogP) is 3.60. The van der Waals surface area contributed by atoms with E-state index in [2.05, 4.69) is 59.0 Å². The Labute approximate surface area is 96.6 Å². The molecule has 0 rings (SSSR count). The van der Waals surface area contributed by atoms with Crippen LogP contribution >= 0.6 is 45.2 Å². The van der Waals surface area contributed by atoms with E-state index in [1.165, 1.54) is 0 Å². The van der Waals surface area contributed by atoms with Crippen molar-refractivity contribution >= 4 is 45.2 Å². The minimum absolute atomic E-state index is 0.291. The third-order valence-corrected chi connectivity index (χ3v) is 5.67. The van der Waals surface area contributed by atoms with Crippen molar-refractivity contribution in [3.8, 4) is 0 Å². The van der Waals surface area contributed by atoms with Gasteiger partial charge in [0.25, 0.3) is 0 Å². The van der Waals surface area contributed by atoms with Gasteiger partial charge in [0.2, 0.25) is 0 Å². The van der Waals surface area contributed by atoms with Crippen molar-refractivity contribution in [3.05, 3.63) is 0 Å². The van der Waals surface area contributed by atoms with Crippen LogP contribution in [0.2, 0.25) is 0 Å². The molecule has 0 aromatic heterocycles. The normalized spacial score (nSPS) is 19.4. The van der Waals surface area contributed by atoms with Crippen molar-refractivity contribution < 1.29 is 5.11 Å². The summed E-state index contributed by atoms with van der Waals surface area (Å²) in [4.78, 5) is 0. The molecule has 0 amide bonds. The van der Waals surface area contributed by atoms with Crippen molar-refractivity contribution in [1.82, 2.24) is 0 Å². The first-order chi connectivity index (χ1) is 5.09. The highest BCUT2D eigenvalue weighted by atomic mass is 127. The summed E-state index contributed by atoms with van der Waals surface area (Å²) < 4.78 is 0.785. The van der Waals surface area contributed by atoms with Crippen molar-refractivity contribution in [2.24, 2.45) is 0 Å². The second-order valence-corrected chi connectivity index (χ2v) is 6.21. The summed E-state index contributed by atoms with van der Waals surface area (Å²) in [7, 11) is 0. The maximum absolute atomic E-state index is 11.4. The van der Waals surface area contributed by atoms with Gasteiger partial charge in [-0.1, -0.05) is 71.9 Å². The Morgan fingerprint density at radius 1 is 1.36 bits per heavy atom. The van der Waals surface area contributed by atoms with E-state index in [9.17, 15) is 5.11 Å². The Morgan fingerprint density at radius 2 is 1.91 bits per heavy atom. The van der Waals surface area contributed by atoms with E-state index in [1.807, 2.05) is 0 Å². The fourth-order valence-electron chi connectivity index (χ4n) is 0.860. The molecule has 0 bridgehead atoms. The zero-order chi connectivity index (χ0) is 8.85. The maximum Gasteiger partial charge on any atom is 0.106 e. The number of rotatable bonds is 5. The molecule has 0 aromatic rings. The lowest BCUT2D eigenvalue weighted by Gasteiger charge is -2.16. The van der Waals surface area contributed by atoms with E-state index in [0.29, 0.717) is 7.85 Å². The van der Waals surface area contributed by atoms with E-state index in [4.69, 9.17) is 0 Å². The predicted molar refractivity (Wildman–Crippen MR) is 65.3 cm³/mol. The molecule has 1 nitrogen and oxygen atoms in total. The fourth-order valence-corrected chi connectivity index (χ4v) is 1.68. The summed E-state index contributed by atoms with van der Waals surface area (Å²) in [6, 6.07) is 0. The Balaban J connectivity index is 3.55. The van der Waals surface area contributed by atoms with Gasteiger partial charge in [-0.2, -0.15) is 0 Å². The Morgan fingerprint density at radius 3 is 2.27 bits per heavy atom. The summed E-state index contributed by atoms with van der Waals surface area (Å²) in [6.45, 7) is 4.23. The van der Waals surface area contributed by atoms with Gasteiger partial charge < -0.3 is 0 Å². The second kappa shape index (κ2) is 6.88. The van der Waals surface area contributed by atoms with Crippen molar-refractivity contribution in [2.75, 3.05) is 0 Å². The van der Waals surface area contributed by atoms with Crippen LogP contribution in [0.5, 0.6) is 0 Å². The van der Waals surface area contributed by atoms with Crippen molar-refractivity contribution in [3.63, 3.8) is 0 Å². The zero-order valence-electron chi connectivity index (χ0n) is 7.02. The SMILES string of the molecule is CCCCC([O])C(I)C(C)I. The molecule has 3 atom stereocenters. The molecule has 0 heterocycles. The molecule has 0 fully saturated rings. The number of hydrogen-bond acceptors (Lipinski definition) is 0. The molecule has 0 saturated carbocycles. The Hall–Kier alpha value is 1.42. The maximum atomic E-state index is 11.4. The van der Waals surface area contributed by atoms with Gasteiger partial charge in [-0.05, 0) is 6.42 Å². The number of halogens is 2. The van der Waals surface area contributed by atoms with Crippen LogP contribution in [0.3, 0.4) is 0 Å². The molecule has 0 spiro atoms. The second-order valence-electron chi connectivity index (χ2n) is 2.80. The molecular weight excluding hydrogens is 366 g/mol. The molecule has 3 unspecified atom stereocenters. The zero-order valence-corrected chi connectivity index (χ0v) is 11.3. The highest BCUT2D eigenvalue weighted by molar-refractivity contribution is 14.1. The van der Waals surface area contributed by atoms with Crippen LogP contribution in [-0.2, 0) is 5.11 Å². The summed E-state index contributed by atoms with van der Waals surface area (Å²) in [5.74, 6) is 0. The molecule has 0 aromatic carbocycles. The largest absolute Gasteiger partial charge is 0.232 e. The van der Waals surface area contributed by atoms with E-state index in [-0.39, 0.29) is 6.10 Å². The monoisotopic (exact) mass is 381 g/mol. The molecule has 0 saturated heterocycles. The molecular formula is C8H15I2O. The third kappa shape index (κ3) is 5.63. The van der Waals surface area contributed by atoms with Crippen molar-refractivity contribution in [1.29, 1.82) is 0 Å².